The summed E-state index contributed by atoms with van der Waals surface area (Å²) in [5.74, 6) is 0. The Morgan fingerprint density at radius 2 is 0.889 bits per heavy atom. The van der Waals surface area contributed by atoms with Gasteiger partial charge in [0, 0.05) is 24.8 Å². The van der Waals surface area contributed by atoms with Gasteiger partial charge >= 0.3 is 29.5 Å². The first-order chi connectivity index (χ1) is 8.00. The van der Waals surface area contributed by atoms with Crippen molar-refractivity contribution in [3.8, 4) is 0 Å². The number of aromatic nitrogens is 2. The summed E-state index contributed by atoms with van der Waals surface area (Å²) in [6, 6.07) is 11.4. The number of rotatable bonds is 0. The van der Waals surface area contributed by atoms with E-state index in [1.807, 2.05) is 36.4 Å². The summed E-state index contributed by atoms with van der Waals surface area (Å²) in [6.07, 6.45) is 7.00. The fraction of sp³-hybridized carbons (Fsp3) is 0. The van der Waals surface area contributed by atoms with Crippen molar-refractivity contribution in [3.05, 3.63) is 61.2 Å². The third-order valence-electron chi connectivity index (χ3n) is 1.13. The predicted octanol–water partition coefficient (Wildman–Crippen LogP) is 0.962. The van der Waals surface area contributed by atoms with Gasteiger partial charge in [-0.05, 0) is 24.3 Å². The fourth-order valence-electron chi connectivity index (χ4n) is 0.625. The molecule has 0 unspecified atom stereocenters. The van der Waals surface area contributed by atoms with Crippen LogP contribution in [0.1, 0.15) is 0 Å². The second kappa shape index (κ2) is 11.8. The second-order valence-corrected chi connectivity index (χ2v) is 3.90. The summed E-state index contributed by atoms with van der Waals surface area (Å²) in [6.45, 7) is 0. The number of halogens is 1. The van der Waals surface area contributed by atoms with Gasteiger partial charge in [-0.3, -0.25) is 14.7 Å². The van der Waals surface area contributed by atoms with Crippen molar-refractivity contribution in [2.75, 3.05) is 0 Å². The minimum atomic E-state index is -5.25. The van der Waals surface area contributed by atoms with Gasteiger partial charge < -0.3 is 0 Å². The van der Waals surface area contributed by atoms with E-state index < -0.39 is 13.6 Å². The summed E-state index contributed by atoms with van der Waals surface area (Å²) >= 11 is -5.25. The van der Waals surface area contributed by atoms with E-state index in [1.165, 1.54) is 0 Å². The van der Waals surface area contributed by atoms with Gasteiger partial charge in [0.1, 0.15) is 0 Å². The molecule has 0 saturated carbocycles. The fourth-order valence-corrected chi connectivity index (χ4v) is 0.625. The average molecular weight is 296 g/mol. The van der Waals surface area contributed by atoms with Crippen LogP contribution in [0.2, 0.25) is 0 Å². The van der Waals surface area contributed by atoms with Crippen molar-refractivity contribution in [1.82, 2.24) is 9.97 Å². The van der Waals surface area contributed by atoms with E-state index >= 15 is 0 Å². The maximum absolute atomic E-state index is 8.82. The monoisotopic (exact) mass is 296 g/mol. The molecule has 2 heterocycles. The van der Waals surface area contributed by atoms with E-state index in [0.29, 0.717) is 0 Å². The van der Waals surface area contributed by atoms with Crippen molar-refractivity contribution in [1.29, 1.82) is 0 Å². The van der Waals surface area contributed by atoms with Crippen LogP contribution >= 0.6 is 0 Å². The summed E-state index contributed by atoms with van der Waals surface area (Å²) in [5.41, 5.74) is 0. The molecular weight excluding hydrogens is 283 g/mol. The first-order valence-corrected chi connectivity index (χ1v) is 6.58. The molecule has 0 aliphatic rings. The Hall–Kier alpha value is -1.72. The third-order valence-corrected chi connectivity index (χ3v) is 1.13. The number of pyridine rings is 2. The Balaban J connectivity index is 0. The van der Waals surface area contributed by atoms with Crippen LogP contribution < -0.4 is 0 Å². The average Bonchev–Trinajstić information content (AvgIpc) is 2.32. The maximum atomic E-state index is 8.82. The van der Waals surface area contributed by atoms with E-state index in [9.17, 15) is 0 Å². The van der Waals surface area contributed by atoms with E-state index in [0.717, 1.165) is 0 Å². The van der Waals surface area contributed by atoms with Gasteiger partial charge in [0.15, 0.2) is 0 Å². The van der Waals surface area contributed by atoms with Crippen molar-refractivity contribution < 1.29 is 34.2 Å². The van der Waals surface area contributed by atoms with E-state index in [1.54, 1.807) is 24.8 Å². The van der Waals surface area contributed by atoms with Crippen molar-refractivity contribution in [2.24, 2.45) is 0 Å². The Labute approximate surface area is 106 Å². The molecule has 0 fully saturated rings. The van der Waals surface area contributed by atoms with E-state index in [-0.39, 0.29) is 4.70 Å². The molecule has 18 heavy (non-hydrogen) atoms. The predicted molar refractivity (Wildman–Crippen MR) is 56.8 cm³/mol. The largest absolute Gasteiger partial charge is 0.265 e. The standard InChI is InChI=1S/2C5H5N.Cr.FH.2H2O.2O/c2*1-2-4-6-5-3-1;;;;;;/h2*1-5H;;1H;2*1H2;;/q;;+2;;;;;/p-2. The van der Waals surface area contributed by atoms with Gasteiger partial charge in [-0.1, -0.05) is 12.1 Å². The molecule has 0 spiro atoms. The van der Waals surface area contributed by atoms with Crippen LogP contribution in [0.3, 0.4) is 0 Å². The molecule has 0 atom stereocenters. The maximum Gasteiger partial charge on any atom is 0.0267 e. The molecule has 0 aromatic carbocycles. The van der Waals surface area contributed by atoms with Crippen LogP contribution in [0.25, 0.3) is 0 Å². The van der Waals surface area contributed by atoms with Crippen LogP contribution in [0.4, 0.5) is 4.70 Å². The van der Waals surface area contributed by atoms with Crippen LogP contribution in [0.15, 0.2) is 61.2 Å². The molecule has 8 heteroatoms. The van der Waals surface area contributed by atoms with Gasteiger partial charge in [0.25, 0.3) is 0 Å². The smallest absolute Gasteiger partial charge is 0.0267 e. The minimum absolute atomic E-state index is 0. The SMILES string of the molecule is F.[O]=[Cr](=[O])([OH])[OH].c1ccncc1.c1ccncc1. The van der Waals surface area contributed by atoms with Crippen LogP contribution in [0.5, 0.6) is 0 Å². The van der Waals surface area contributed by atoms with E-state index in [4.69, 9.17) is 15.9 Å². The third kappa shape index (κ3) is 23.8. The number of hydrogen-bond donors (Lipinski definition) is 2. The Morgan fingerprint density at radius 3 is 0.944 bits per heavy atom. The Morgan fingerprint density at radius 1 is 0.667 bits per heavy atom. The molecule has 2 N–H and O–H groups in total. The molecule has 0 saturated heterocycles. The zero-order chi connectivity index (χ0) is 13.0. The summed E-state index contributed by atoms with van der Waals surface area (Å²) in [5, 5.41) is 0. The van der Waals surface area contributed by atoms with Crippen molar-refractivity contribution in [2.45, 2.75) is 0 Å². The summed E-state index contributed by atoms with van der Waals surface area (Å²) < 4.78 is 31.9. The van der Waals surface area contributed by atoms with Crippen LogP contribution in [-0.2, 0) is 21.2 Å². The van der Waals surface area contributed by atoms with Crippen LogP contribution in [0, 0.1) is 0 Å². The zero-order valence-corrected chi connectivity index (χ0v) is 10.5. The normalized spacial score (nSPS) is 8.56. The molecule has 0 amide bonds. The van der Waals surface area contributed by atoms with Gasteiger partial charge in [-0.25, -0.2) is 0 Å². The molecule has 2 rings (SSSR count). The van der Waals surface area contributed by atoms with Crippen LogP contribution in [-0.4, -0.2) is 18.3 Å². The molecular formula is C10H13CrFN2O4. The minimum Gasteiger partial charge on any atom is -0.265 e. The molecule has 6 nitrogen and oxygen atoms in total. The Kier molecular flexibility index (Phi) is 12.2. The first-order valence-electron chi connectivity index (χ1n) is 4.40. The van der Waals surface area contributed by atoms with Crippen molar-refractivity contribution >= 4 is 0 Å². The molecule has 2 aromatic rings. The van der Waals surface area contributed by atoms with Gasteiger partial charge in [-0.2, -0.15) is 0 Å². The Bertz CT molecular complexity index is 375. The number of nitrogens with zero attached hydrogens (tertiary/aromatic N) is 2. The molecule has 0 bridgehead atoms. The van der Waals surface area contributed by atoms with Gasteiger partial charge in [0.2, 0.25) is 0 Å². The molecule has 2 aromatic heterocycles. The van der Waals surface area contributed by atoms with Gasteiger partial charge in [0.05, 0.1) is 0 Å². The first kappa shape index (κ1) is 18.6. The molecule has 0 aliphatic carbocycles. The zero-order valence-electron chi connectivity index (χ0n) is 9.20. The topological polar surface area (TPSA) is 100 Å². The van der Waals surface area contributed by atoms with Gasteiger partial charge in [-0.15, -0.1) is 0 Å². The molecule has 0 aliphatic heterocycles. The quantitative estimate of drug-likeness (QED) is 0.751. The number of hydrogen-bond acceptors (Lipinski definition) is 4. The second-order valence-electron chi connectivity index (χ2n) is 2.50. The summed E-state index contributed by atoms with van der Waals surface area (Å²) in [7, 11) is 0. The summed E-state index contributed by atoms with van der Waals surface area (Å²) in [4.78, 5) is 7.57. The van der Waals surface area contributed by atoms with E-state index in [2.05, 4.69) is 9.97 Å². The van der Waals surface area contributed by atoms with Crippen molar-refractivity contribution in [3.63, 3.8) is 0 Å². The molecule has 0 radical (unpaired) electrons. The molecule has 100 valence electrons.